The molecule has 2 atom stereocenters. The van der Waals surface area contributed by atoms with Crippen LogP contribution in [0.4, 0.5) is 18.0 Å². The van der Waals surface area contributed by atoms with Gasteiger partial charge in [0.1, 0.15) is 12.3 Å². The van der Waals surface area contributed by atoms with Gasteiger partial charge in [-0.3, -0.25) is 9.88 Å². The van der Waals surface area contributed by atoms with Crippen LogP contribution in [-0.4, -0.2) is 28.1 Å². The first-order valence-corrected chi connectivity index (χ1v) is 9.15. The summed E-state index contributed by atoms with van der Waals surface area (Å²) in [5.74, 6) is 0. The molecule has 146 valence electrons. The van der Waals surface area contributed by atoms with Gasteiger partial charge in [0.15, 0.2) is 0 Å². The molecule has 0 spiro atoms. The van der Waals surface area contributed by atoms with Crippen LogP contribution >= 0.6 is 0 Å². The summed E-state index contributed by atoms with van der Waals surface area (Å²) in [6.45, 7) is 0.217. The molecule has 7 heteroatoms. The van der Waals surface area contributed by atoms with Crippen LogP contribution in [0.5, 0.6) is 0 Å². The number of rotatable bonds is 3. The number of benzene rings is 1. The second kappa shape index (κ2) is 7.30. The molecule has 2 aliphatic rings. The largest absolute Gasteiger partial charge is 0.445 e. The summed E-state index contributed by atoms with van der Waals surface area (Å²) in [5.41, 5.74) is 1.62. The molecule has 0 N–H and O–H groups in total. The Balaban J connectivity index is 1.45. The molecule has 4 rings (SSSR count). The van der Waals surface area contributed by atoms with Crippen molar-refractivity contribution < 1.29 is 22.7 Å². The number of pyridine rings is 1. The van der Waals surface area contributed by atoms with E-state index in [1.165, 1.54) is 12.3 Å². The molecule has 0 radical (unpaired) electrons. The summed E-state index contributed by atoms with van der Waals surface area (Å²) in [7, 11) is 0. The Hall–Kier alpha value is -2.83. The molecule has 1 fully saturated rings. The highest BCUT2D eigenvalue weighted by Gasteiger charge is 2.41. The average Bonchev–Trinajstić information content (AvgIpc) is 2.96. The fourth-order valence-corrected chi connectivity index (χ4v) is 3.87. The van der Waals surface area contributed by atoms with Crippen molar-refractivity contribution >= 4 is 11.7 Å². The Kier molecular flexibility index (Phi) is 4.83. The normalized spacial score (nSPS) is 21.4. The minimum absolute atomic E-state index is 0.00411. The summed E-state index contributed by atoms with van der Waals surface area (Å²) in [4.78, 5) is 17.9. The van der Waals surface area contributed by atoms with Crippen molar-refractivity contribution in [2.75, 3.05) is 0 Å². The van der Waals surface area contributed by atoms with Crippen molar-refractivity contribution in [1.29, 1.82) is 0 Å². The Bertz CT molecular complexity index is 879. The third kappa shape index (κ3) is 3.74. The maximum atomic E-state index is 12.7. The molecule has 4 nitrogen and oxygen atoms in total. The first-order chi connectivity index (χ1) is 13.4. The average molecular weight is 388 g/mol. The fourth-order valence-electron chi connectivity index (χ4n) is 3.87. The van der Waals surface area contributed by atoms with Gasteiger partial charge in [-0.25, -0.2) is 4.79 Å². The molecule has 28 heavy (non-hydrogen) atoms. The van der Waals surface area contributed by atoms with Crippen molar-refractivity contribution in [2.45, 2.75) is 44.1 Å². The number of alkyl halides is 3. The summed E-state index contributed by atoms with van der Waals surface area (Å²) in [6, 6.07) is 11.8. The summed E-state index contributed by atoms with van der Waals surface area (Å²) < 4.78 is 43.6. The van der Waals surface area contributed by atoms with Crippen LogP contribution in [0.25, 0.3) is 5.57 Å². The van der Waals surface area contributed by atoms with E-state index in [0.29, 0.717) is 12.0 Å². The number of amides is 1. The van der Waals surface area contributed by atoms with Gasteiger partial charge in [-0.05, 0) is 42.0 Å². The van der Waals surface area contributed by atoms with Crippen molar-refractivity contribution in [1.82, 2.24) is 9.88 Å². The molecule has 0 saturated carbocycles. The quantitative estimate of drug-likeness (QED) is 0.738. The fraction of sp³-hybridized carbons (Fsp3) is 0.333. The minimum atomic E-state index is -4.45. The van der Waals surface area contributed by atoms with Crippen molar-refractivity contribution in [3.63, 3.8) is 0 Å². The molecule has 2 aliphatic heterocycles. The van der Waals surface area contributed by atoms with Crippen LogP contribution in [0.3, 0.4) is 0 Å². The number of halogens is 3. The first-order valence-electron chi connectivity index (χ1n) is 9.15. The van der Waals surface area contributed by atoms with E-state index in [9.17, 15) is 18.0 Å². The second-order valence-corrected chi connectivity index (χ2v) is 7.07. The Morgan fingerprint density at radius 3 is 2.57 bits per heavy atom. The van der Waals surface area contributed by atoms with Gasteiger partial charge in [0.2, 0.25) is 0 Å². The molecule has 3 heterocycles. The van der Waals surface area contributed by atoms with Crippen molar-refractivity contribution in [3.8, 4) is 0 Å². The lowest BCUT2D eigenvalue weighted by Gasteiger charge is -2.33. The molecular formula is C21H19F3N2O2. The van der Waals surface area contributed by atoms with E-state index >= 15 is 0 Å². The van der Waals surface area contributed by atoms with Gasteiger partial charge in [-0.1, -0.05) is 42.5 Å². The number of aromatic nitrogens is 1. The number of carbonyl (C=O) groups excluding carboxylic acids is 1. The number of nitrogens with zero attached hydrogens (tertiary/aromatic N) is 2. The third-order valence-electron chi connectivity index (χ3n) is 5.24. The highest BCUT2D eigenvalue weighted by atomic mass is 19.4. The Morgan fingerprint density at radius 2 is 1.93 bits per heavy atom. The number of hydrogen-bond acceptors (Lipinski definition) is 3. The summed E-state index contributed by atoms with van der Waals surface area (Å²) >= 11 is 0. The third-order valence-corrected chi connectivity index (χ3v) is 5.24. The van der Waals surface area contributed by atoms with Crippen LogP contribution in [0, 0.1) is 0 Å². The highest BCUT2D eigenvalue weighted by Crippen LogP contribution is 2.39. The van der Waals surface area contributed by atoms with Gasteiger partial charge in [0.05, 0.1) is 6.04 Å². The zero-order valence-electron chi connectivity index (χ0n) is 15.0. The molecule has 2 bridgehead atoms. The van der Waals surface area contributed by atoms with Crippen LogP contribution in [-0.2, 0) is 17.5 Å². The zero-order valence-corrected chi connectivity index (χ0v) is 15.0. The standard InChI is InChI=1S/C21H19F3N2O2/c22-21(23,24)19-9-6-15(12-25-19)16-10-17-7-8-18(11-16)26(17)20(27)28-13-14-4-2-1-3-5-14/h1-6,9-10,12,17-18H,7-8,11,13H2. The molecule has 1 amide bonds. The maximum absolute atomic E-state index is 12.7. The van der Waals surface area contributed by atoms with E-state index in [4.69, 9.17) is 4.74 Å². The van der Waals surface area contributed by atoms with Crippen LogP contribution in [0.2, 0.25) is 0 Å². The molecule has 1 aromatic carbocycles. The van der Waals surface area contributed by atoms with Crippen molar-refractivity contribution in [2.24, 2.45) is 0 Å². The molecule has 1 aromatic heterocycles. The molecular weight excluding hydrogens is 369 g/mol. The van der Waals surface area contributed by atoms with Gasteiger partial charge in [0.25, 0.3) is 0 Å². The number of carbonyl (C=O) groups is 1. The summed E-state index contributed by atoms with van der Waals surface area (Å²) in [6.07, 6.45) is 0.677. The van der Waals surface area contributed by atoms with Gasteiger partial charge < -0.3 is 4.74 Å². The van der Waals surface area contributed by atoms with E-state index in [2.05, 4.69) is 4.98 Å². The predicted molar refractivity (Wildman–Crippen MR) is 97.1 cm³/mol. The van der Waals surface area contributed by atoms with Gasteiger partial charge in [-0.2, -0.15) is 13.2 Å². The highest BCUT2D eigenvalue weighted by molar-refractivity contribution is 5.74. The Labute approximate surface area is 160 Å². The van der Waals surface area contributed by atoms with Gasteiger partial charge in [0, 0.05) is 12.2 Å². The molecule has 0 aliphatic carbocycles. The molecule has 2 unspecified atom stereocenters. The number of ether oxygens (including phenoxy) is 1. The van der Waals surface area contributed by atoms with Gasteiger partial charge in [-0.15, -0.1) is 0 Å². The maximum Gasteiger partial charge on any atom is 0.433 e. The lowest BCUT2D eigenvalue weighted by molar-refractivity contribution is -0.141. The molecule has 2 aromatic rings. The van der Waals surface area contributed by atoms with Crippen LogP contribution in [0.1, 0.15) is 36.1 Å². The van der Waals surface area contributed by atoms with E-state index in [1.807, 2.05) is 36.4 Å². The number of hydrogen-bond donors (Lipinski definition) is 0. The first kappa shape index (κ1) is 18.5. The predicted octanol–water partition coefficient (Wildman–Crippen LogP) is 5.06. The van der Waals surface area contributed by atoms with Crippen LogP contribution < -0.4 is 0 Å². The van der Waals surface area contributed by atoms with E-state index in [0.717, 1.165) is 30.0 Å². The van der Waals surface area contributed by atoms with E-state index in [-0.39, 0.29) is 24.8 Å². The molecule has 1 saturated heterocycles. The monoisotopic (exact) mass is 388 g/mol. The van der Waals surface area contributed by atoms with Crippen LogP contribution in [0.15, 0.2) is 54.7 Å². The minimum Gasteiger partial charge on any atom is -0.445 e. The van der Waals surface area contributed by atoms with Crippen molar-refractivity contribution in [3.05, 3.63) is 71.6 Å². The smallest absolute Gasteiger partial charge is 0.433 e. The van der Waals surface area contributed by atoms with Gasteiger partial charge >= 0.3 is 12.3 Å². The Morgan fingerprint density at radius 1 is 1.14 bits per heavy atom. The number of fused-ring (bicyclic) bond motifs is 2. The SMILES string of the molecule is O=C(OCc1ccccc1)N1C2C=C(c3ccc(C(F)(F)F)nc3)CC1CC2. The topological polar surface area (TPSA) is 42.4 Å². The zero-order chi connectivity index (χ0) is 19.7. The van der Waals surface area contributed by atoms with E-state index < -0.39 is 11.9 Å². The summed E-state index contributed by atoms with van der Waals surface area (Å²) in [5, 5.41) is 0. The van der Waals surface area contributed by atoms with E-state index in [1.54, 1.807) is 4.90 Å². The second-order valence-electron chi connectivity index (χ2n) is 7.07. The lowest BCUT2D eigenvalue weighted by atomic mass is 9.96. The lowest BCUT2D eigenvalue weighted by Crippen LogP contribution is -2.43.